The highest BCUT2D eigenvalue weighted by Gasteiger charge is 2.22. The number of allylic oxidation sites excluding steroid dienone is 22. The predicted molar refractivity (Wildman–Crippen MR) is 388 cm³/mol. The van der Waals surface area contributed by atoms with Gasteiger partial charge in [-0.1, -0.05) is 334 Å². The minimum Gasteiger partial charge on any atom is -0.756 e. The van der Waals surface area contributed by atoms with Crippen molar-refractivity contribution in [2.24, 2.45) is 0 Å². The summed E-state index contributed by atoms with van der Waals surface area (Å²) in [4.78, 5) is 38.1. The molecule has 516 valence electrons. The second kappa shape index (κ2) is 69.5. The second-order valence-corrected chi connectivity index (χ2v) is 27.0. The molecule has 2 unspecified atom stereocenters. The summed E-state index contributed by atoms with van der Waals surface area (Å²) in [5, 5.41) is 0. The number of carbonyl (C=O) groups is 2. The van der Waals surface area contributed by atoms with Crippen LogP contribution in [0.25, 0.3) is 0 Å². The fraction of sp³-hybridized carbons (Fsp3) is 0.700. The Morgan fingerprint density at radius 1 is 0.356 bits per heavy atom. The Hall–Kier alpha value is -3.85. The van der Waals surface area contributed by atoms with Crippen molar-refractivity contribution in [2.45, 2.75) is 315 Å². The lowest BCUT2D eigenvalue weighted by molar-refractivity contribution is -0.870. The van der Waals surface area contributed by atoms with Gasteiger partial charge in [0.25, 0.3) is 7.82 Å². The van der Waals surface area contributed by atoms with Crippen molar-refractivity contribution in [1.82, 2.24) is 0 Å². The maximum atomic E-state index is 12.9. The minimum atomic E-state index is -4.65. The fourth-order valence-electron chi connectivity index (χ4n) is 10.1. The molecule has 0 amide bonds. The molecule has 0 heterocycles. The second-order valence-electron chi connectivity index (χ2n) is 25.6. The zero-order valence-electron chi connectivity index (χ0n) is 58.8. The molecule has 0 aliphatic carbocycles. The molecule has 10 heteroatoms. The summed E-state index contributed by atoms with van der Waals surface area (Å²) in [6, 6.07) is 0. The molecule has 0 aliphatic rings. The van der Waals surface area contributed by atoms with Crippen LogP contribution in [0.5, 0.6) is 0 Å². The molecule has 2 atom stereocenters. The lowest BCUT2D eigenvalue weighted by Gasteiger charge is -2.28. The van der Waals surface area contributed by atoms with Gasteiger partial charge in [-0.15, -0.1) is 0 Å². The van der Waals surface area contributed by atoms with Gasteiger partial charge in [0, 0.05) is 12.8 Å². The zero-order valence-corrected chi connectivity index (χ0v) is 59.7. The summed E-state index contributed by atoms with van der Waals surface area (Å²) in [6.07, 6.45) is 101. The molecule has 0 aliphatic heterocycles. The topological polar surface area (TPSA) is 111 Å². The number of likely N-dealkylation sites (N-methyl/N-ethyl adjacent to an activating group) is 1. The van der Waals surface area contributed by atoms with E-state index < -0.39 is 26.5 Å². The zero-order chi connectivity index (χ0) is 65.5. The summed E-state index contributed by atoms with van der Waals surface area (Å²) in [5.74, 6) is -0.841. The number of ether oxygens (including phenoxy) is 2. The number of rotatable bonds is 67. The van der Waals surface area contributed by atoms with E-state index in [9.17, 15) is 19.0 Å². The monoisotopic (exact) mass is 1270 g/mol. The van der Waals surface area contributed by atoms with E-state index in [0.29, 0.717) is 17.4 Å². The van der Waals surface area contributed by atoms with Gasteiger partial charge in [-0.2, -0.15) is 0 Å². The van der Waals surface area contributed by atoms with Gasteiger partial charge in [-0.3, -0.25) is 14.2 Å². The smallest absolute Gasteiger partial charge is 0.306 e. The van der Waals surface area contributed by atoms with Crippen LogP contribution in [0.1, 0.15) is 309 Å². The Labute approximate surface area is 555 Å². The van der Waals surface area contributed by atoms with Crippen LogP contribution >= 0.6 is 7.82 Å². The molecule has 0 fully saturated rings. The Bertz CT molecular complexity index is 1980. The maximum absolute atomic E-state index is 12.9. The van der Waals surface area contributed by atoms with E-state index in [0.717, 1.165) is 122 Å². The third-order valence-corrected chi connectivity index (χ3v) is 16.6. The molecule has 90 heavy (non-hydrogen) atoms. The van der Waals surface area contributed by atoms with E-state index in [-0.39, 0.29) is 32.0 Å². The van der Waals surface area contributed by atoms with Crippen LogP contribution in [0.2, 0.25) is 0 Å². The van der Waals surface area contributed by atoms with Crippen molar-refractivity contribution in [3.8, 4) is 0 Å². The summed E-state index contributed by atoms with van der Waals surface area (Å²) in [7, 11) is 1.15. The average molecular weight is 1270 g/mol. The van der Waals surface area contributed by atoms with E-state index in [2.05, 4.69) is 148 Å². The normalized spacial score (nSPS) is 13.9. The molecule has 0 N–H and O–H groups in total. The van der Waals surface area contributed by atoms with E-state index in [1.165, 1.54) is 154 Å². The Balaban J connectivity index is 4.10. The lowest BCUT2D eigenvalue weighted by Crippen LogP contribution is -2.37. The third kappa shape index (κ3) is 73.2. The number of carbonyl (C=O) groups excluding carboxylic acids is 2. The molecule has 0 aromatic heterocycles. The SMILES string of the molecule is CC/C=C\C/C=C\C/C=C\C/C=C\C/C=C\C/C=C\C/C=C\C/C=C\C/C=C\C/C=C\C/C=C\CCCCCCCCCC(=O)OC(COC(=O)CCCCCCCCCCCCCCCCCCCCCCCCCCC)COP(=O)([O-])OCC[N+](C)(C)C. The molecule has 9 nitrogen and oxygen atoms in total. The Kier molecular flexibility index (Phi) is 66.5. The minimum absolute atomic E-state index is 0.0376. The summed E-state index contributed by atoms with van der Waals surface area (Å²) in [5.41, 5.74) is 0. The molecule has 0 bridgehead atoms. The highest BCUT2D eigenvalue weighted by Crippen LogP contribution is 2.38. The van der Waals surface area contributed by atoms with Crippen LogP contribution < -0.4 is 4.89 Å². The highest BCUT2D eigenvalue weighted by molar-refractivity contribution is 7.45. The molecular formula is C80H138NO8P. The lowest BCUT2D eigenvalue weighted by atomic mass is 10.0. The van der Waals surface area contributed by atoms with Gasteiger partial charge in [0.05, 0.1) is 27.7 Å². The standard InChI is InChI=1S/C80H138NO8P/c1-6-8-10-12-14-16-18-20-22-24-26-28-30-32-33-34-35-36-37-38-39-40-41-42-43-44-45-46-47-49-51-53-55-57-59-61-63-65-67-69-71-73-80(83)89-78(77-88-90(84,85)87-75-74-81(3,4)5)76-86-79(82)72-70-68-66-64-62-60-58-56-54-52-50-48-31-29-27-25-23-21-19-17-15-13-11-9-7-2/h8,10,14,16,20,22,26,28,32-33,35-36,38-39,41-42,44-45,47,49,53,55,78H,6-7,9,11-13,15,17-19,21,23-25,27,29-31,34,37,40,43,46,48,50-52,54,56-77H2,1-5H3/b10-8-,16-14-,22-20-,28-26-,33-32-,36-35-,39-38-,42-41-,45-44-,49-47-,55-53-. The number of unbranched alkanes of at least 4 members (excludes halogenated alkanes) is 31. The molecule has 0 saturated carbocycles. The Morgan fingerprint density at radius 2 is 0.633 bits per heavy atom. The van der Waals surface area contributed by atoms with Crippen molar-refractivity contribution in [3.63, 3.8) is 0 Å². The number of esters is 2. The van der Waals surface area contributed by atoms with Gasteiger partial charge in [0.15, 0.2) is 6.10 Å². The number of quaternary nitrogens is 1. The van der Waals surface area contributed by atoms with Gasteiger partial charge < -0.3 is 27.9 Å². The van der Waals surface area contributed by atoms with Crippen LogP contribution in [-0.4, -0.2) is 70.0 Å². The summed E-state index contributed by atoms with van der Waals surface area (Å²) in [6.45, 7) is 4.14. The van der Waals surface area contributed by atoms with Gasteiger partial charge in [0.1, 0.15) is 19.8 Å². The third-order valence-electron chi connectivity index (χ3n) is 15.7. The first-order chi connectivity index (χ1) is 44.0. The van der Waals surface area contributed by atoms with Gasteiger partial charge >= 0.3 is 11.9 Å². The van der Waals surface area contributed by atoms with Crippen LogP contribution in [-0.2, 0) is 32.7 Å². The van der Waals surface area contributed by atoms with Gasteiger partial charge in [0.2, 0.25) is 0 Å². The number of nitrogens with zero attached hydrogens (tertiary/aromatic N) is 1. The molecule has 0 aromatic rings. The highest BCUT2D eigenvalue weighted by atomic mass is 31.2. The number of hydrogen-bond acceptors (Lipinski definition) is 8. The maximum Gasteiger partial charge on any atom is 0.306 e. The molecule has 0 saturated heterocycles. The fourth-order valence-corrected chi connectivity index (χ4v) is 10.8. The van der Waals surface area contributed by atoms with Gasteiger partial charge in [-0.05, 0) is 96.3 Å². The van der Waals surface area contributed by atoms with E-state index in [1.807, 2.05) is 21.1 Å². The van der Waals surface area contributed by atoms with E-state index >= 15 is 0 Å². The summed E-state index contributed by atoms with van der Waals surface area (Å²) < 4.78 is 34.3. The van der Waals surface area contributed by atoms with Crippen LogP contribution in [0.15, 0.2) is 134 Å². The molecule has 0 spiro atoms. The first kappa shape index (κ1) is 86.2. The number of hydrogen-bond donors (Lipinski definition) is 0. The largest absolute Gasteiger partial charge is 0.756 e. The van der Waals surface area contributed by atoms with Gasteiger partial charge in [-0.25, -0.2) is 0 Å². The van der Waals surface area contributed by atoms with Crippen LogP contribution in [0.4, 0.5) is 0 Å². The predicted octanol–water partition coefficient (Wildman–Crippen LogP) is 23.8. The quantitative estimate of drug-likeness (QED) is 0.0195. The van der Waals surface area contributed by atoms with Crippen molar-refractivity contribution >= 4 is 19.8 Å². The molecule has 0 rings (SSSR count). The van der Waals surface area contributed by atoms with E-state index in [1.54, 1.807) is 0 Å². The van der Waals surface area contributed by atoms with Crippen LogP contribution in [0.3, 0.4) is 0 Å². The van der Waals surface area contributed by atoms with Crippen molar-refractivity contribution in [3.05, 3.63) is 134 Å². The average Bonchev–Trinajstić information content (AvgIpc) is 3.62. The Morgan fingerprint density at radius 3 is 0.944 bits per heavy atom. The first-order valence-electron chi connectivity index (χ1n) is 36.9. The number of phosphoric ester groups is 1. The van der Waals surface area contributed by atoms with Crippen molar-refractivity contribution < 1.29 is 42.1 Å². The summed E-state index contributed by atoms with van der Waals surface area (Å²) >= 11 is 0. The van der Waals surface area contributed by atoms with E-state index in [4.69, 9.17) is 18.5 Å². The molecule has 0 radical (unpaired) electrons. The first-order valence-corrected chi connectivity index (χ1v) is 38.4. The van der Waals surface area contributed by atoms with Crippen molar-refractivity contribution in [2.75, 3.05) is 47.5 Å². The van der Waals surface area contributed by atoms with Crippen molar-refractivity contribution in [1.29, 1.82) is 0 Å². The number of phosphoric acid groups is 1. The molecule has 0 aromatic carbocycles. The molecular weight excluding hydrogens is 1130 g/mol. The van der Waals surface area contributed by atoms with Crippen LogP contribution in [0, 0.1) is 0 Å².